The summed E-state index contributed by atoms with van der Waals surface area (Å²) in [5.74, 6) is 1.85. The molecule has 0 atom stereocenters. The zero-order valence-electron chi connectivity index (χ0n) is 13.6. The first-order valence-corrected chi connectivity index (χ1v) is 8.99. The third kappa shape index (κ3) is 4.00. The Morgan fingerprint density at radius 1 is 1.04 bits per heavy atom. The molecule has 0 N–H and O–H groups in total. The topological polar surface area (TPSA) is 40.6 Å². The summed E-state index contributed by atoms with van der Waals surface area (Å²) in [7, 11) is 3.22. The van der Waals surface area contributed by atoms with Crippen LogP contribution >= 0.6 is 34.5 Å². The van der Waals surface area contributed by atoms with Gasteiger partial charge < -0.3 is 14.2 Å². The fourth-order valence-corrected chi connectivity index (χ4v) is 3.45. The highest BCUT2D eigenvalue weighted by Crippen LogP contribution is 2.39. The van der Waals surface area contributed by atoms with E-state index >= 15 is 0 Å². The Labute approximate surface area is 159 Å². The van der Waals surface area contributed by atoms with Crippen LogP contribution in [-0.2, 0) is 6.61 Å². The van der Waals surface area contributed by atoms with Gasteiger partial charge in [0, 0.05) is 16.5 Å². The van der Waals surface area contributed by atoms with Crippen molar-refractivity contribution >= 4 is 34.5 Å². The molecule has 1 aromatic heterocycles. The summed E-state index contributed by atoms with van der Waals surface area (Å²) in [6, 6.07) is 10.8. The molecule has 7 heteroatoms. The molecular weight excluding hydrogens is 381 g/mol. The van der Waals surface area contributed by atoms with Gasteiger partial charge in [-0.15, -0.1) is 11.3 Å². The third-order valence-electron chi connectivity index (χ3n) is 3.45. The Kier molecular flexibility index (Phi) is 5.68. The highest BCUT2D eigenvalue weighted by molar-refractivity contribution is 7.13. The summed E-state index contributed by atoms with van der Waals surface area (Å²) < 4.78 is 16.5. The van der Waals surface area contributed by atoms with E-state index < -0.39 is 0 Å². The van der Waals surface area contributed by atoms with Crippen LogP contribution in [0.5, 0.6) is 17.2 Å². The molecule has 25 heavy (non-hydrogen) atoms. The van der Waals surface area contributed by atoms with Gasteiger partial charge in [-0.3, -0.25) is 0 Å². The number of rotatable bonds is 6. The fraction of sp³-hybridized carbons (Fsp3) is 0.167. The molecule has 1 heterocycles. The van der Waals surface area contributed by atoms with Gasteiger partial charge in [-0.05, 0) is 24.3 Å². The molecule has 4 nitrogen and oxygen atoms in total. The lowest BCUT2D eigenvalue weighted by atomic mass is 10.2. The Bertz CT molecular complexity index is 883. The lowest BCUT2D eigenvalue weighted by Gasteiger charge is -2.10. The molecule has 3 aromatic rings. The Hall–Kier alpha value is -1.95. The van der Waals surface area contributed by atoms with E-state index in [0.29, 0.717) is 33.9 Å². The van der Waals surface area contributed by atoms with Crippen molar-refractivity contribution in [2.45, 2.75) is 6.61 Å². The number of methoxy groups -OCH3 is 2. The van der Waals surface area contributed by atoms with Crippen molar-refractivity contribution < 1.29 is 14.2 Å². The maximum Gasteiger partial charge on any atom is 0.170 e. The van der Waals surface area contributed by atoms with Crippen molar-refractivity contribution in [3.05, 3.63) is 57.5 Å². The first kappa shape index (κ1) is 17.9. The van der Waals surface area contributed by atoms with E-state index in [1.807, 2.05) is 23.6 Å². The first-order valence-electron chi connectivity index (χ1n) is 7.36. The lowest BCUT2D eigenvalue weighted by molar-refractivity contribution is 0.302. The summed E-state index contributed by atoms with van der Waals surface area (Å²) in [5, 5.41) is 3.84. The predicted molar refractivity (Wildman–Crippen MR) is 101 cm³/mol. The zero-order valence-corrected chi connectivity index (χ0v) is 15.9. The highest BCUT2D eigenvalue weighted by atomic mass is 35.5. The quantitative estimate of drug-likeness (QED) is 0.535. The van der Waals surface area contributed by atoms with Crippen molar-refractivity contribution in [1.29, 1.82) is 0 Å². The van der Waals surface area contributed by atoms with Gasteiger partial charge in [0.1, 0.15) is 17.4 Å². The summed E-state index contributed by atoms with van der Waals surface area (Å²) in [4.78, 5) is 4.61. The molecule has 0 saturated carbocycles. The van der Waals surface area contributed by atoms with Crippen LogP contribution in [0.4, 0.5) is 0 Å². The van der Waals surface area contributed by atoms with Crippen molar-refractivity contribution in [2.75, 3.05) is 14.2 Å². The van der Waals surface area contributed by atoms with E-state index in [2.05, 4.69) is 4.98 Å². The fourth-order valence-electron chi connectivity index (χ4n) is 2.29. The van der Waals surface area contributed by atoms with Crippen molar-refractivity contribution in [3.8, 4) is 27.8 Å². The van der Waals surface area contributed by atoms with Crippen LogP contribution in [0.25, 0.3) is 10.6 Å². The molecule has 0 fully saturated rings. The van der Waals surface area contributed by atoms with Crippen LogP contribution in [0.15, 0.2) is 41.8 Å². The number of hydrogen-bond donors (Lipinski definition) is 0. The number of aromatic nitrogens is 1. The molecule has 0 bridgehead atoms. The molecule has 0 aliphatic rings. The van der Waals surface area contributed by atoms with Crippen molar-refractivity contribution in [3.63, 3.8) is 0 Å². The van der Waals surface area contributed by atoms with Gasteiger partial charge in [-0.2, -0.15) is 0 Å². The molecule has 0 spiro atoms. The smallest absolute Gasteiger partial charge is 0.170 e. The number of hydrogen-bond acceptors (Lipinski definition) is 5. The number of thiazole rings is 1. The summed E-state index contributed by atoms with van der Waals surface area (Å²) in [6.45, 7) is 0.294. The predicted octanol–water partition coefficient (Wildman–Crippen LogP) is 5.71. The lowest BCUT2D eigenvalue weighted by Crippen LogP contribution is -1.97. The minimum atomic E-state index is 0.294. The van der Waals surface area contributed by atoms with E-state index in [0.717, 1.165) is 16.3 Å². The molecule has 0 aliphatic heterocycles. The number of ether oxygens (including phenoxy) is 3. The van der Waals surface area contributed by atoms with E-state index in [1.165, 1.54) is 11.3 Å². The van der Waals surface area contributed by atoms with Crippen LogP contribution in [0.2, 0.25) is 10.0 Å². The Morgan fingerprint density at radius 2 is 1.88 bits per heavy atom. The second kappa shape index (κ2) is 7.95. The van der Waals surface area contributed by atoms with Crippen LogP contribution in [-0.4, -0.2) is 19.2 Å². The Balaban J connectivity index is 1.80. The summed E-state index contributed by atoms with van der Waals surface area (Å²) in [5.41, 5.74) is 1.67. The molecule has 2 aromatic carbocycles. The van der Waals surface area contributed by atoms with E-state index in [9.17, 15) is 0 Å². The summed E-state index contributed by atoms with van der Waals surface area (Å²) in [6.07, 6.45) is 0. The standard InChI is InChI=1S/C18H15Cl2NO3S/c1-22-15-5-3-4-13(17(15)23-2)18-21-12(10-25-18)9-24-16-8-11(19)6-7-14(16)20/h3-8,10H,9H2,1-2H3. The Morgan fingerprint density at radius 3 is 2.64 bits per heavy atom. The molecule has 0 unspecified atom stereocenters. The van der Waals surface area contributed by atoms with E-state index in [-0.39, 0.29) is 0 Å². The van der Waals surface area contributed by atoms with E-state index in [1.54, 1.807) is 32.4 Å². The molecule has 0 aliphatic carbocycles. The summed E-state index contributed by atoms with van der Waals surface area (Å²) >= 11 is 13.6. The minimum Gasteiger partial charge on any atom is -0.493 e. The largest absolute Gasteiger partial charge is 0.493 e. The molecule has 3 rings (SSSR count). The molecular formula is C18H15Cl2NO3S. The van der Waals surface area contributed by atoms with Crippen LogP contribution in [0.1, 0.15) is 5.69 Å². The van der Waals surface area contributed by atoms with Crippen molar-refractivity contribution in [1.82, 2.24) is 4.98 Å². The SMILES string of the molecule is COc1cccc(-c2nc(COc3cc(Cl)ccc3Cl)cs2)c1OC. The normalized spacial score (nSPS) is 10.6. The van der Waals surface area contributed by atoms with Gasteiger partial charge in [0.05, 0.1) is 30.5 Å². The number of para-hydroxylation sites is 1. The number of nitrogens with zero attached hydrogens (tertiary/aromatic N) is 1. The van der Waals surface area contributed by atoms with Gasteiger partial charge in [0.25, 0.3) is 0 Å². The second-order valence-corrected chi connectivity index (χ2v) is 6.75. The molecule has 0 saturated heterocycles. The molecule has 0 amide bonds. The number of halogens is 2. The van der Waals surface area contributed by atoms with Crippen LogP contribution < -0.4 is 14.2 Å². The van der Waals surface area contributed by atoms with Gasteiger partial charge in [-0.1, -0.05) is 29.3 Å². The van der Waals surface area contributed by atoms with Crippen LogP contribution in [0, 0.1) is 0 Å². The minimum absolute atomic E-state index is 0.294. The maximum absolute atomic E-state index is 6.10. The highest BCUT2D eigenvalue weighted by Gasteiger charge is 2.15. The van der Waals surface area contributed by atoms with Gasteiger partial charge in [-0.25, -0.2) is 4.98 Å². The third-order valence-corrected chi connectivity index (χ3v) is 4.93. The molecule has 130 valence electrons. The van der Waals surface area contributed by atoms with Crippen molar-refractivity contribution in [2.24, 2.45) is 0 Å². The van der Waals surface area contributed by atoms with Gasteiger partial charge in [0.15, 0.2) is 11.5 Å². The zero-order chi connectivity index (χ0) is 17.8. The van der Waals surface area contributed by atoms with Gasteiger partial charge in [0.2, 0.25) is 0 Å². The van der Waals surface area contributed by atoms with Gasteiger partial charge >= 0.3 is 0 Å². The first-order chi connectivity index (χ1) is 12.1. The number of benzene rings is 2. The average Bonchev–Trinajstić information content (AvgIpc) is 3.10. The maximum atomic E-state index is 6.10. The van der Waals surface area contributed by atoms with E-state index in [4.69, 9.17) is 37.4 Å². The van der Waals surface area contributed by atoms with Crippen LogP contribution in [0.3, 0.4) is 0 Å². The molecule has 0 radical (unpaired) electrons. The second-order valence-electron chi connectivity index (χ2n) is 5.05. The average molecular weight is 396 g/mol. The monoisotopic (exact) mass is 395 g/mol.